The van der Waals surface area contributed by atoms with E-state index in [2.05, 4.69) is 47.2 Å². The molecule has 0 spiro atoms. The third-order valence-corrected chi connectivity index (χ3v) is 5.95. The summed E-state index contributed by atoms with van der Waals surface area (Å²) in [5.41, 5.74) is 0.938. The van der Waals surface area contributed by atoms with Crippen LogP contribution >= 0.6 is 0 Å². The van der Waals surface area contributed by atoms with E-state index in [1.54, 1.807) is 0 Å². The minimum atomic E-state index is -0.264. The Balaban J connectivity index is 1.53. The Bertz CT molecular complexity index is 526. The first-order valence-electron chi connectivity index (χ1n) is 9.13. The van der Waals surface area contributed by atoms with E-state index in [1.807, 2.05) is 6.07 Å². The Morgan fingerprint density at radius 2 is 1.87 bits per heavy atom. The maximum Gasteiger partial charge on any atom is 0.0846 e. The lowest BCUT2D eigenvalue weighted by atomic mass is 9.74. The third kappa shape index (κ3) is 3.76. The van der Waals surface area contributed by atoms with Gasteiger partial charge in [-0.2, -0.15) is 5.26 Å². The predicted molar refractivity (Wildman–Crippen MR) is 94.3 cm³/mol. The van der Waals surface area contributed by atoms with E-state index in [0.29, 0.717) is 0 Å². The summed E-state index contributed by atoms with van der Waals surface area (Å²) in [4.78, 5) is 5.11. The zero-order chi connectivity index (χ0) is 16.1. The number of hydrogen-bond donors (Lipinski definition) is 0. The first-order valence-corrected chi connectivity index (χ1v) is 9.13. The minimum Gasteiger partial charge on any atom is -0.303 e. The van der Waals surface area contributed by atoms with Crippen molar-refractivity contribution in [3.63, 3.8) is 0 Å². The number of piperidine rings is 2. The maximum absolute atomic E-state index is 9.77. The van der Waals surface area contributed by atoms with Crippen LogP contribution in [0.25, 0.3) is 0 Å². The van der Waals surface area contributed by atoms with Crippen LogP contribution in [0.2, 0.25) is 0 Å². The van der Waals surface area contributed by atoms with Gasteiger partial charge in [-0.05, 0) is 70.9 Å². The largest absolute Gasteiger partial charge is 0.303 e. The molecule has 3 nitrogen and oxygen atoms in total. The Hall–Kier alpha value is -1.37. The molecule has 23 heavy (non-hydrogen) atoms. The molecule has 1 unspecified atom stereocenters. The summed E-state index contributed by atoms with van der Waals surface area (Å²) >= 11 is 0. The van der Waals surface area contributed by atoms with E-state index in [9.17, 15) is 5.26 Å². The average Bonchev–Trinajstić information content (AvgIpc) is 2.62. The van der Waals surface area contributed by atoms with Crippen LogP contribution in [0.5, 0.6) is 0 Å². The molecule has 0 saturated carbocycles. The summed E-state index contributed by atoms with van der Waals surface area (Å²) in [6.45, 7) is 4.55. The molecule has 3 rings (SSSR count). The van der Waals surface area contributed by atoms with E-state index in [4.69, 9.17) is 0 Å². The van der Waals surface area contributed by atoms with Crippen molar-refractivity contribution in [3.05, 3.63) is 35.9 Å². The second-order valence-electron chi connectivity index (χ2n) is 7.32. The van der Waals surface area contributed by atoms with E-state index < -0.39 is 0 Å². The summed E-state index contributed by atoms with van der Waals surface area (Å²) in [7, 11) is 2.27. The van der Waals surface area contributed by atoms with E-state index >= 15 is 0 Å². The number of likely N-dealkylation sites (tertiary alicyclic amines) is 2. The fraction of sp³-hybridized carbons (Fsp3) is 0.650. The summed E-state index contributed by atoms with van der Waals surface area (Å²) in [5.74, 6) is 0. The van der Waals surface area contributed by atoms with Crippen molar-refractivity contribution in [1.82, 2.24) is 9.80 Å². The van der Waals surface area contributed by atoms with Crippen LogP contribution in [-0.4, -0.2) is 49.1 Å². The Labute approximate surface area is 140 Å². The van der Waals surface area contributed by atoms with Crippen molar-refractivity contribution in [2.75, 3.05) is 33.2 Å². The van der Waals surface area contributed by atoms with Gasteiger partial charge < -0.3 is 9.80 Å². The van der Waals surface area contributed by atoms with Crippen molar-refractivity contribution in [1.29, 1.82) is 5.26 Å². The van der Waals surface area contributed by atoms with Crippen LogP contribution in [0, 0.1) is 11.3 Å². The fourth-order valence-corrected chi connectivity index (χ4v) is 4.22. The molecule has 1 aromatic rings. The van der Waals surface area contributed by atoms with Crippen molar-refractivity contribution in [2.24, 2.45) is 0 Å². The SMILES string of the molecule is CN1CCCCC1CCN1CCC(C#N)(c2ccccc2)CC1. The molecule has 0 aliphatic carbocycles. The van der Waals surface area contributed by atoms with Crippen molar-refractivity contribution in [2.45, 2.75) is 50.0 Å². The molecule has 2 aliphatic rings. The second kappa shape index (κ2) is 7.47. The molecule has 0 aromatic heterocycles. The molecular weight excluding hydrogens is 282 g/mol. The van der Waals surface area contributed by atoms with E-state index in [0.717, 1.165) is 32.0 Å². The van der Waals surface area contributed by atoms with Crippen LogP contribution in [0.3, 0.4) is 0 Å². The summed E-state index contributed by atoms with van der Waals surface area (Å²) in [6.07, 6.45) is 7.32. The molecule has 0 amide bonds. The fourth-order valence-electron chi connectivity index (χ4n) is 4.22. The second-order valence-corrected chi connectivity index (χ2v) is 7.32. The van der Waals surface area contributed by atoms with Crippen molar-refractivity contribution < 1.29 is 0 Å². The maximum atomic E-state index is 9.77. The van der Waals surface area contributed by atoms with Crippen LogP contribution in [-0.2, 0) is 5.41 Å². The highest BCUT2D eigenvalue weighted by molar-refractivity contribution is 5.33. The lowest BCUT2D eigenvalue weighted by Crippen LogP contribution is -2.44. The first-order chi connectivity index (χ1) is 11.2. The van der Waals surface area contributed by atoms with Gasteiger partial charge in [-0.25, -0.2) is 0 Å². The van der Waals surface area contributed by atoms with Crippen molar-refractivity contribution >= 4 is 0 Å². The molecule has 2 aliphatic heterocycles. The van der Waals surface area contributed by atoms with Gasteiger partial charge in [-0.15, -0.1) is 0 Å². The monoisotopic (exact) mass is 311 g/mol. The molecule has 3 heteroatoms. The smallest absolute Gasteiger partial charge is 0.0846 e. The Morgan fingerprint density at radius 1 is 1.13 bits per heavy atom. The molecule has 0 radical (unpaired) electrons. The number of nitrogens with zero attached hydrogens (tertiary/aromatic N) is 3. The molecule has 124 valence electrons. The molecule has 2 fully saturated rings. The van der Waals surface area contributed by atoms with Gasteiger partial charge in [-0.1, -0.05) is 36.8 Å². The van der Waals surface area contributed by atoms with Gasteiger partial charge in [0.15, 0.2) is 0 Å². The standard InChI is InChI=1S/C20H29N3/c1-22-13-6-5-9-19(22)10-14-23-15-11-20(17-21,12-16-23)18-7-3-2-4-8-18/h2-4,7-8,19H,5-6,9-16H2,1H3. The van der Waals surface area contributed by atoms with Crippen LogP contribution < -0.4 is 0 Å². The van der Waals surface area contributed by atoms with Gasteiger partial charge in [-0.3, -0.25) is 0 Å². The lowest BCUT2D eigenvalue weighted by molar-refractivity contribution is 0.134. The summed E-state index contributed by atoms with van der Waals surface area (Å²) in [5, 5.41) is 9.77. The average molecular weight is 311 g/mol. The number of nitriles is 1. The number of rotatable bonds is 4. The Morgan fingerprint density at radius 3 is 2.52 bits per heavy atom. The predicted octanol–water partition coefficient (Wildman–Crippen LogP) is 3.42. The van der Waals surface area contributed by atoms with E-state index in [1.165, 1.54) is 44.3 Å². The third-order valence-electron chi connectivity index (χ3n) is 5.95. The van der Waals surface area contributed by atoms with Gasteiger partial charge in [0.25, 0.3) is 0 Å². The molecular formula is C20H29N3. The van der Waals surface area contributed by atoms with Crippen molar-refractivity contribution in [3.8, 4) is 6.07 Å². The van der Waals surface area contributed by atoms with Gasteiger partial charge in [0.2, 0.25) is 0 Å². The summed E-state index contributed by atoms with van der Waals surface area (Å²) < 4.78 is 0. The molecule has 0 bridgehead atoms. The topological polar surface area (TPSA) is 30.3 Å². The van der Waals surface area contributed by atoms with Crippen LogP contribution in [0.15, 0.2) is 30.3 Å². The molecule has 2 saturated heterocycles. The molecule has 1 atom stereocenters. The highest BCUT2D eigenvalue weighted by Crippen LogP contribution is 2.35. The highest BCUT2D eigenvalue weighted by Gasteiger charge is 2.36. The van der Waals surface area contributed by atoms with Gasteiger partial charge in [0.1, 0.15) is 0 Å². The first kappa shape index (κ1) is 16.5. The van der Waals surface area contributed by atoms with Crippen LogP contribution in [0.1, 0.15) is 44.1 Å². The van der Waals surface area contributed by atoms with Gasteiger partial charge in [0.05, 0.1) is 11.5 Å². The Kier molecular flexibility index (Phi) is 5.35. The molecule has 2 heterocycles. The zero-order valence-corrected chi connectivity index (χ0v) is 14.4. The zero-order valence-electron chi connectivity index (χ0n) is 14.4. The van der Waals surface area contributed by atoms with Crippen LogP contribution in [0.4, 0.5) is 0 Å². The van der Waals surface area contributed by atoms with E-state index in [-0.39, 0.29) is 5.41 Å². The van der Waals surface area contributed by atoms with Gasteiger partial charge in [0, 0.05) is 6.04 Å². The van der Waals surface area contributed by atoms with Gasteiger partial charge >= 0.3 is 0 Å². The number of hydrogen-bond acceptors (Lipinski definition) is 3. The minimum absolute atomic E-state index is 0.264. The highest BCUT2D eigenvalue weighted by atomic mass is 15.2. The lowest BCUT2D eigenvalue weighted by Gasteiger charge is -2.39. The molecule has 1 aromatic carbocycles. The molecule has 0 N–H and O–H groups in total. The quantitative estimate of drug-likeness (QED) is 0.853. The normalized spacial score (nSPS) is 25.8. The summed E-state index contributed by atoms with van der Waals surface area (Å²) in [6, 6.07) is 13.8. The number of benzene rings is 1.